The summed E-state index contributed by atoms with van der Waals surface area (Å²) in [6, 6.07) is 22.6. The van der Waals surface area contributed by atoms with E-state index >= 15 is 0 Å². The summed E-state index contributed by atoms with van der Waals surface area (Å²) in [5.41, 5.74) is 7.24. The van der Waals surface area contributed by atoms with Crippen LogP contribution in [-0.2, 0) is 14.8 Å². The maximum absolute atomic E-state index is 13.7. The average molecular weight is 579 g/mol. The summed E-state index contributed by atoms with van der Waals surface area (Å²) in [4.78, 5) is 13.1. The number of aryl methyl sites for hydroxylation is 2. The number of amides is 1. The number of carbonyl (C=O) groups excluding carboxylic acids is 1. The highest BCUT2D eigenvalue weighted by Gasteiger charge is 2.29. The van der Waals surface area contributed by atoms with E-state index < -0.39 is 22.5 Å². The number of sulfonamides is 1. The maximum atomic E-state index is 13.7. The molecular formula is C30H31ClN4O4S. The van der Waals surface area contributed by atoms with Crippen LogP contribution in [0, 0.1) is 20.8 Å². The molecule has 40 heavy (non-hydrogen) atoms. The van der Waals surface area contributed by atoms with E-state index in [-0.39, 0.29) is 10.6 Å². The molecule has 1 heterocycles. The lowest BCUT2D eigenvalue weighted by atomic mass is 10.2. The van der Waals surface area contributed by atoms with Crippen molar-refractivity contribution in [2.45, 2.75) is 32.6 Å². The van der Waals surface area contributed by atoms with Crippen LogP contribution in [0.4, 0.5) is 5.69 Å². The summed E-state index contributed by atoms with van der Waals surface area (Å²) >= 11 is 6.17. The molecule has 0 radical (unpaired) electrons. The lowest BCUT2D eigenvalue weighted by Gasteiger charge is -2.25. The number of aromatic nitrogens is 1. The number of anilines is 1. The Labute approximate surface area is 239 Å². The van der Waals surface area contributed by atoms with Crippen LogP contribution in [0.25, 0.3) is 5.69 Å². The molecule has 4 aromatic rings. The van der Waals surface area contributed by atoms with E-state index in [1.165, 1.54) is 18.3 Å². The van der Waals surface area contributed by atoms with Crippen molar-refractivity contribution in [1.29, 1.82) is 0 Å². The smallest absolute Gasteiger partial charge is 0.264 e. The third-order valence-electron chi connectivity index (χ3n) is 6.26. The molecule has 10 heteroatoms. The highest BCUT2D eigenvalue weighted by Crippen LogP contribution is 2.32. The quantitative estimate of drug-likeness (QED) is 0.190. The number of para-hydroxylation sites is 2. The largest absolute Gasteiger partial charge is 0.492 e. The molecule has 0 spiro atoms. The van der Waals surface area contributed by atoms with Crippen LogP contribution in [0.5, 0.6) is 5.75 Å². The number of nitrogens with zero attached hydrogens (tertiary/aromatic N) is 3. The number of hydrogen-bond donors (Lipinski definition) is 1. The van der Waals surface area contributed by atoms with Crippen LogP contribution in [0.1, 0.15) is 29.4 Å². The molecule has 0 saturated carbocycles. The standard InChI is InChI=1S/C30H31ClN4O4S/c1-5-39-29-12-7-6-11-28(29)34(40(37,38)27-15-13-21(2)14-16-27)20-30(36)33-32-19-24-17-22(3)35(23(24)4)26-10-8-9-25(31)18-26/h6-19H,5,20H2,1-4H3,(H,33,36)/b32-19-. The average Bonchev–Trinajstić information content (AvgIpc) is 3.20. The Bertz CT molecular complexity index is 1650. The molecule has 0 fully saturated rings. The van der Waals surface area contributed by atoms with E-state index in [9.17, 15) is 13.2 Å². The fourth-order valence-electron chi connectivity index (χ4n) is 4.35. The van der Waals surface area contributed by atoms with Gasteiger partial charge in [0.2, 0.25) is 0 Å². The zero-order valence-corrected chi connectivity index (χ0v) is 24.3. The highest BCUT2D eigenvalue weighted by molar-refractivity contribution is 7.92. The monoisotopic (exact) mass is 578 g/mol. The molecule has 1 N–H and O–H groups in total. The van der Waals surface area contributed by atoms with Crippen molar-refractivity contribution in [3.05, 3.63) is 106 Å². The van der Waals surface area contributed by atoms with Crippen molar-refractivity contribution in [2.24, 2.45) is 5.10 Å². The minimum atomic E-state index is -4.10. The first-order chi connectivity index (χ1) is 19.1. The molecule has 0 aliphatic carbocycles. The molecule has 0 aliphatic heterocycles. The minimum absolute atomic E-state index is 0.0640. The number of nitrogens with one attached hydrogen (secondary N) is 1. The van der Waals surface area contributed by atoms with Gasteiger partial charge < -0.3 is 9.30 Å². The zero-order valence-electron chi connectivity index (χ0n) is 22.8. The molecule has 0 atom stereocenters. The van der Waals surface area contributed by atoms with Gasteiger partial charge in [-0.3, -0.25) is 9.10 Å². The number of ether oxygens (including phenoxy) is 1. The second kappa shape index (κ2) is 12.4. The van der Waals surface area contributed by atoms with Crippen LogP contribution >= 0.6 is 11.6 Å². The summed E-state index contributed by atoms with van der Waals surface area (Å²) in [6.07, 6.45) is 1.54. The van der Waals surface area contributed by atoms with Gasteiger partial charge in [0.1, 0.15) is 12.3 Å². The van der Waals surface area contributed by atoms with Crippen molar-refractivity contribution in [3.8, 4) is 11.4 Å². The third kappa shape index (κ3) is 6.38. The van der Waals surface area contributed by atoms with Gasteiger partial charge in [-0.15, -0.1) is 0 Å². The van der Waals surface area contributed by atoms with Gasteiger partial charge in [-0.2, -0.15) is 5.10 Å². The predicted molar refractivity (Wildman–Crippen MR) is 159 cm³/mol. The fourth-order valence-corrected chi connectivity index (χ4v) is 5.96. The summed E-state index contributed by atoms with van der Waals surface area (Å²) < 4.78 is 36.2. The molecule has 0 saturated heterocycles. The van der Waals surface area contributed by atoms with Crippen molar-refractivity contribution in [3.63, 3.8) is 0 Å². The van der Waals surface area contributed by atoms with Crippen LogP contribution < -0.4 is 14.5 Å². The summed E-state index contributed by atoms with van der Waals surface area (Å²) in [5, 5.41) is 4.75. The van der Waals surface area contributed by atoms with E-state index in [1.54, 1.807) is 43.3 Å². The fraction of sp³-hybridized carbons (Fsp3) is 0.200. The summed E-state index contributed by atoms with van der Waals surface area (Å²) in [5.74, 6) is -0.257. The lowest BCUT2D eigenvalue weighted by molar-refractivity contribution is -0.119. The van der Waals surface area contributed by atoms with Crippen LogP contribution in [0.15, 0.2) is 88.9 Å². The molecular weight excluding hydrogens is 548 g/mol. The number of hydrazone groups is 1. The molecule has 208 valence electrons. The molecule has 0 aliphatic rings. The minimum Gasteiger partial charge on any atom is -0.492 e. The zero-order chi connectivity index (χ0) is 28.9. The van der Waals surface area contributed by atoms with Crippen LogP contribution in [0.3, 0.4) is 0 Å². The van der Waals surface area contributed by atoms with Gasteiger partial charge in [-0.05, 0) is 76.2 Å². The summed E-state index contributed by atoms with van der Waals surface area (Å²) in [7, 11) is -4.10. The Hall–Kier alpha value is -4.08. The number of rotatable bonds is 10. The van der Waals surface area contributed by atoms with Crippen molar-refractivity contribution >= 4 is 39.4 Å². The van der Waals surface area contributed by atoms with Crippen molar-refractivity contribution in [1.82, 2.24) is 9.99 Å². The normalized spacial score (nSPS) is 11.5. The first kappa shape index (κ1) is 28.9. The molecule has 3 aromatic carbocycles. The van der Waals surface area contributed by atoms with E-state index in [1.807, 2.05) is 55.7 Å². The molecule has 1 aromatic heterocycles. The summed E-state index contributed by atoms with van der Waals surface area (Å²) in [6.45, 7) is 7.42. The van der Waals surface area contributed by atoms with Gasteiger partial charge >= 0.3 is 0 Å². The Morgan fingerprint density at radius 3 is 2.45 bits per heavy atom. The molecule has 0 unspecified atom stereocenters. The van der Waals surface area contributed by atoms with Crippen molar-refractivity contribution < 1.29 is 17.9 Å². The topological polar surface area (TPSA) is 93.0 Å². The van der Waals surface area contributed by atoms with E-state index in [0.717, 1.165) is 32.5 Å². The predicted octanol–water partition coefficient (Wildman–Crippen LogP) is 5.80. The third-order valence-corrected chi connectivity index (χ3v) is 8.27. The number of hydrogen-bond acceptors (Lipinski definition) is 5. The molecule has 4 rings (SSSR count). The Morgan fingerprint density at radius 2 is 1.75 bits per heavy atom. The Balaban J connectivity index is 1.59. The van der Waals surface area contributed by atoms with Gasteiger partial charge in [-0.25, -0.2) is 13.8 Å². The molecule has 1 amide bonds. The molecule has 8 nitrogen and oxygen atoms in total. The highest BCUT2D eigenvalue weighted by atomic mass is 35.5. The Kier molecular flexibility index (Phi) is 8.96. The van der Waals surface area contributed by atoms with E-state index in [2.05, 4.69) is 10.5 Å². The second-order valence-corrected chi connectivity index (χ2v) is 11.5. The maximum Gasteiger partial charge on any atom is 0.264 e. The van der Waals surface area contributed by atoms with Crippen LogP contribution in [0.2, 0.25) is 5.02 Å². The number of halogens is 1. The van der Waals surface area contributed by atoms with Gasteiger partial charge in [0.05, 0.1) is 23.4 Å². The SMILES string of the molecule is CCOc1ccccc1N(CC(=O)N/N=C\c1cc(C)n(-c2cccc(Cl)c2)c1C)S(=O)(=O)c1ccc(C)cc1. The first-order valence-corrected chi connectivity index (χ1v) is 14.5. The van der Waals surface area contributed by atoms with Crippen molar-refractivity contribution in [2.75, 3.05) is 17.5 Å². The van der Waals surface area contributed by atoms with E-state index in [0.29, 0.717) is 17.4 Å². The Morgan fingerprint density at radius 1 is 1.02 bits per heavy atom. The first-order valence-electron chi connectivity index (χ1n) is 12.7. The molecule has 0 bridgehead atoms. The van der Waals surface area contributed by atoms with Crippen LogP contribution in [-0.4, -0.2) is 38.3 Å². The number of carbonyl (C=O) groups is 1. The van der Waals surface area contributed by atoms with Gasteiger partial charge in [0, 0.05) is 27.7 Å². The van der Waals surface area contributed by atoms with Gasteiger partial charge in [-0.1, -0.05) is 47.5 Å². The van der Waals surface area contributed by atoms with E-state index in [4.69, 9.17) is 16.3 Å². The van der Waals surface area contributed by atoms with Gasteiger partial charge in [0.15, 0.2) is 0 Å². The second-order valence-electron chi connectivity index (χ2n) is 9.16. The van der Waals surface area contributed by atoms with Gasteiger partial charge in [0.25, 0.3) is 15.9 Å². The lowest BCUT2D eigenvalue weighted by Crippen LogP contribution is -2.39. The number of benzene rings is 3.